The third-order valence-electron chi connectivity index (χ3n) is 4.14. The highest BCUT2D eigenvalue weighted by Crippen LogP contribution is 2.33. The Bertz CT molecular complexity index is 360. The molecule has 0 spiro atoms. The second-order valence-corrected chi connectivity index (χ2v) is 6.11. The molecule has 1 saturated carbocycles. The Hall–Kier alpha value is -0.530. The van der Waals surface area contributed by atoms with Crippen molar-refractivity contribution in [2.24, 2.45) is 11.8 Å². The van der Waals surface area contributed by atoms with Gasteiger partial charge < -0.3 is 5.32 Å². The van der Waals surface area contributed by atoms with Crippen LogP contribution in [0, 0.1) is 11.8 Å². The van der Waals surface area contributed by atoms with Gasteiger partial charge in [0.15, 0.2) is 0 Å². The van der Waals surface area contributed by atoms with Crippen molar-refractivity contribution in [1.82, 2.24) is 5.32 Å². The zero-order valence-electron chi connectivity index (χ0n) is 11.5. The van der Waals surface area contributed by atoms with Gasteiger partial charge in [-0.1, -0.05) is 44.0 Å². The predicted octanol–water partition coefficient (Wildman–Crippen LogP) is 4.30. The number of rotatable bonds is 5. The molecule has 1 N–H and O–H groups in total. The first-order valence-corrected chi connectivity index (χ1v) is 7.54. The second kappa shape index (κ2) is 6.58. The van der Waals surface area contributed by atoms with Crippen LogP contribution in [0.1, 0.15) is 38.7 Å². The zero-order valence-corrected chi connectivity index (χ0v) is 12.2. The Kier molecular flexibility index (Phi) is 5.08. The van der Waals surface area contributed by atoms with Gasteiger partial charge in [-0.25, -0.2) is 0 Å². The largest absolute Gasteiger partial charge is 0.314 e. The Morgan fingerprint density at radius 3 is 2.56 bits per heavy atom. The van der Waals surface area contributed by atoms with E-state index in [9.17, 15) is 0 Å². The van der Waals surface area contributed by atoms with Gasteiger partial charge >= 0.3 is 0 Å². The standard InChI is InChI=1S/C16H24ClN/c1-3-18-16(14-7-4-12(2)10-14)11-13-5-8-15(17)9-6-13/h5-6,8-9,12,14,16,18H,3-4,7,10-11H2,1-2H3. The molecule has 0 radical (unpaired) electrons. The molecule has 0 amide bonds. The van der Waals surface area contributed by atoms with Crippen molar-refractivity contribution in [3.63, 3.8) is 0 Å². The molecule has 1 nitrogen and oxygen atoms in total. The summed E-state index contributed by atoms with van der Waals surface area (Å²) in [5, 5.41) is 4.50. The Morgan fingerprint density at radius 2 is 2.00 bits per heavy atom. The topological polar surface area (TPSA) is 12.0 Å². The molecule has 0 aliphatic heterocycles. The van der Waals surface area contributed by atoms with Crippen molar-refractivity contribution in [3.8, 4) is 0 Å². The quantitative estimate of drug-likeness (QED) is 0.837. The van der Waals surface area contributed by atoms with Gasteiger partial charge in [-0.05, 0) is 55.3 Å². The van der Waals surface area contributed by atoms with Gasteiger partial charge in [0.25, 0.3) is 0 Å². The highest BCUT2D eigenvalue weighted by atomic mass is 35.5. The molecule has 0 bridgehead atoms. The maximum atomic E-state index is 5.94. The van der Waals surface area contributed by atoms with Crippen LogP contribution in [-0.2, 0) is 6.42 Å². The highest BCUT2D eigenvalue weighted by Gasteiger charge is 2.28. The van der Waals surface area contributed by atoms with Crippen molar-refractivity contribution in [1.29, 1.82) is 0 Å². The average molecular weight is 266 g/mol. The molecule has 1 fully saturated rings. The lowest BCUT2D eigenvalue weighted by Crippen LogP contribution is -2.37. The number of benzene rings is 1. The van der Waals surface area contributed by atoms with Crippen LogP contribution in [0.2, 0.25) is 5.02 Å². The molecule has 100 valence electrons. The molecule has 0 heterocycles. The fourth-order valence-corrected chi connectivity index (χ4v) is 3.28. The minimum absolute atomic E-state index is 0.626. The molecule has 0 saturated heterocycles. The molecular weight excluding hydrogens is 242 g/mol. The third kappa shape index (κ3) is 3.73. The summed E-state index contributed by atoms with van der Waals surface area (Å²) < 4.78 is 0. The van der Waals surface area contributed by atoms with Crippen LogP contribution in [0.15, 0.2) is 24.3 Å². The minimum Gasteiger partial charge on any atom is -0.314 e. The molecule has 18 heavy (non-hydrogen) atoms. The van der Waals surface area contributed by atoms with Crippen LogP contribution in [0.4, 0.5) is 0 Å². The van der Waals surface area contributed by atoms with Crippen molar-refractivity contribution < 1.29 is 0 Å². The lowest BCUT2D eigenvalue weighted by atomic mass is 9.91. The van der Waals surface area contributed by atoms with Gasteiger partial charge in [-0.15, -0.1) is 0 Å². The molecule has 1 aromatic rings. The normalized spacial score (nSPS) is 25.3. The van der Waals surface area contributed by atoms with Crippen LogP contribution in [0.3, 0.4) is 0 Å². The Labute approximate surface area is 116 Å². The summed E-state index contributed by atoms with van der Waals surface area (Å²) in [4.78, 5) is 0. The van der Waals surface area contributed by atoms with E-state index >= 15 is 0 Å². The minimum atomic E-state index is 0.626. The van der Waals surface area contributed by atoms with Crippen molar-refractivity contribution in [2.75, 3.05) is 6.54 Å². The summed E-state index contributed by atoms with van der Waals surface area (Å²) in [6.07, 6.45) is 5.28. The SMILES string of the molecule is CCNC(Cc1ccc(Cl)cc1)C1CCC(C)C1. The first kappa shape index (κ1) is 13.9. The summed E-state index contributed by atoms with van der Waals surface area (Å²) in [6.45, 7) is 5.64. The number of halogens is 1. The highest BCUT2D eigenvalue weighted by molar-refractivity contribution is 6.30. The third-order valence-corrected chi connectivity index (χ3v) is 4.39. The monoisotopic (exact) mass is 265 g/mol. The van der Waals surface area contributed by atoms with E-state index in [2.05, 4.69) is 31.3 Å². The summed E-state index contributed by atoms with van der Waals surface area (Å²) in [7, 11) is 0. The van der Waals surface area contributed by atoms with Gasteiger partial charge in [0.05, 0.1) is 0 Å². The van der Waals surface area contributed by atoms with E-state index in [1.807, 2.05) is 12.1 Å². The Balaban J connectivity index is 1.99. The first-order chi connectivity index (χ1) is 8.69. The van der Waals surface area contributed by atoms with E-state index in [-0.39, 0.29) is 0 Å². The van der Waals surface area contributed by atoms with Crippen molar-refractivity contribution in [2.45, 2.75) is 45.6 Å². The van der Waals surface area contributed by atoms with Gasteiger partial charge in [0, 0.05) is 11.1 Å². The number of nitrogens with one attached hydrogen (secondary N) is 1. The molecular formula is C16H24ClN. The van der Waals surface area contributed by atoms with Crippen LogP contribution >= 0.6 is 11.6 Å². The van der Waals surface area contributed by atoms with E-state index in [1.54, 1.807) is 0 Å². The van der Waals surface area contributed by atoms with E-state index in [0.29, 0.717) is 6.04 Å². The number of likely N-dealkylation sites (N-methyl/N-ethyl adjacent to an activating group) is 1. The van der Waals surface area contributed by atoms with E-state index in [4.69, 9.17) is 11.6 Å². The molecule has 3 atom stereocenters. The maximum Gasteiger partial charge on any atom is 0.0406 e. The Morgan fingerprint density at radius 1 is 1.28 bits per heavy atom. The molecule has 1 aromatic carbocycles. The molecule has 0 aromatic heterocycles. The zero-order chi connectivity index (χ0) is 13.0. The molecule has 2 heteroatoms. The molecule has 1 aliphatic carbocycles. The molecule has 3 unspecified atom stereocenters. The molecule has 1 aliphatic rings. The average Bonchev–Trinajstić information content (AvgIpc) is 2.78. The van der Waals surface area contributed by atoms with Gasteiger partial charge in [-0.2, -0.15) is 0 Å². The predicted molar refractivity (Wildman–Crippen MR) is 79.1 cm³/mol. The van der Waals surface area contributed by atoms with E-state index < -0.39 is 0 Å². The van der Waals surface area contributed by atoms with Crippen LogP contribution in [0.5, 0.6) is 0 Å². The smallest absolute Gasteiger partial charge is 0.0406 e. The summed E-state index contributed by atoms with van der Waals surface area (Å²) in [5.74, 6) is 1.75. The fraction of sp³-hybridized carbons (Fsp3) is 0.625. The maximum absolute atomic E-state index is 5.94. The van der Waals surface area contributed by atoms with Crippen molar-refractivity contribution >= 4 is 11.6 Å². The van der Waals surface area contributed by atoms with Crippen LogP contribution < -0.4 is 5.32 Å². The fourth-order valence-electron chi connectivity index (χ4n) is 3.16. The van der Waals surface area contributed by atoms with Crippen LogP contribution in [-0.4, -0.2) is 12.6 Å². The molecule has 2 rings (SSSR count). The van der Waals surface area contributed by atoms with Gasteiger partial charge in [0.2, 0.25) is 0 Å². The van der Waals surface area contributed by atoms with Crippen molar-refractivity contribution in [3.05, 3.63) is 34.9 Å². The number of hydrogen-bond donors (Lipinski definition) is 1. The first-order valence-electron chi connectivity index (χ1n) is 7.17. The van der Waals surface area contributed by atoms with E-state index in [1.165, 1.54) is 24.8 Å². The lowest BCUT2D eigenvalue weighted by molar-refractivity contribution is 0.354. The number of hydrogen-bond acceptors (Lipinski definition) is 1. The van der Waals surface area contributed by atoms with Gasteiger partial charge in [-0.3, -0.25) is 0 Å². The summed E-state index contributed by atoms with van der Waals surface area (Å²) in [6, 6.07) is 8.94. The lowest BCUT2D eigenvalue weighted by Gasteiger charge is -2.24. The summed E-state index contributed by atoms with van der Waals surface area (Å²) in [5.41, 5.74) is 1.39. The van der Waals surface area contributed by atoms with E-state index in [0.717, 1.165) is 29.8 Å². The van der Waals surface area contributed by atoms with Crippen LogP contribution in [0.25, 0.3) is 0 Å². The van der Waals surface area contributed by atoms with Gasteiger partial charge in [0.1, 0.15) is 0 Å². The summed E-state index contributed by atoms with van der Waals surface area (Å²) >= 11 is 5.94. The second-order valence-electron chi connectivity index (χ2n) is 5.67.